The van der Waals surface area contributed by atoms with Gasteiger partial charge in [-0.15, -0.1) is 0 Å². The molecule has 1 aromatic carbocycles. The predicted octanol–water partition coefficient (Wildman–Crippen LogP) is 2.21. The molecule has 2 amide bonds. The van der Waals surface area contributed by atoms with Crippen molar-refractivity contribution >= 4 is 35.1 Å². The standard InChI is InChI=1S/C19H22N6O2S/c1-3-8-25(11-16(26)23-15-7-5-4-6-13(15)2)17(27)12-28-19-22-10-14(9-20)18(21)24-19/h4-7,10H,3,8,11-12H2,1-2H3,(H,23,26)(H2,21,22,24). The van der Waals surface area contributed by atoms with Gasteiger partial charge >= 0.3 is 0 Å². The fraction of sp³-hybridized carbons (Fsp3) is 0.316. The van der Waals surface area contributed by atoms with Crippen LogP contribution in [-0.4, -0.2) is 45.5 Å². The minimum Gasteiger partial charge on any atom is -0.382 e. The van der Waals surface area contributed by atoms with Crippen molar-refractivity contribution in [3.63, 3.8) is 0 Å². The van der Waals surface area contributed by atoms with Gasteiger partial charge in [0.05, 0.1) is 18.5 Å². The van der Waals surface area contributed by atoms with Gasteiger partial charge in [-0.25, -0.2) is 9.97 Å². The molecule has 28 heavy (non-hydrogen) atoms. The maximum Gasteiger partial charge on any atom is 0.244 e. The number of para-hydroxylation sites is 1. The van der Waals surface area contributed by atoms with E-state index in [9.17, 15) is 9.59 Å². The summed E-state index contributed by atoms with van der Waals surface area (Å²) in [5, 5.41) is 12.0. The van der Waals surface area contributed by atoms with Crippen LogP contribution >= 0.6 is 11.8 Å². The minimum atomic E-state index is -0.250. The molecule has 2 rings (SSSR count). The van der Waals surface area contributed by atoms with E-state index in [1.165, 1.54) is 11.1 Å². The van der Waals surface area contributed by atoms with Crippen molar-refractivity contribution in [1.29, 1.82) is 5.26 Å². The van der Waals surface area contributed by atoms with E-state index >= 15 is 0 Å². The van der Waals surface area contributed by atoms with Gasteiger partial charge in [-0.2, -0.15) is 5.26 Å². The van der Waals surface area contributed by atoms with Gasteiger partial charge < -0.3 is 16.0 Å². The molecule has 9 heteroatoms. The topological polar surface area (TPSA) is 125 Å². The minimum absolute atomic E-state index is 0.0298. The Morgan fingerprint density at radius 2 is 2.11 bits per heavy atom. The van der Waals surface area contributed by atoms with Gasteiger partial charge in [-0.1, -0.05) is 36.9 Å². The molecule has 1 aromatic heterocycles. The Kier molecular flexibility index (Phi) is 7.77. The molecule has 0 radical (unpaired) electrons. The van der Waals surface area contributed by atoms with Crippen LogP contribution in [-0.2, 0) is 9.59 Å². The molecular formula is C19H22N6O2S. The molecule has 0 saturated heterocycles. The average molecular weight is 398 g/mol. The summed E-state index contributed by atoms with van der Waals surface area (Å²) in [7, 11) is 0. The number of benzene rings is 1. The number of aromatic nitrogens is 2. The van der Waals surface area contributed by atoms with E-state index in [4.69, 9.17) is 11.0 Å². The average Bonchev–Trinajstić information content (AvgIpc) is 2.67. The molecule has 0 aliphatic rings. The van der Waals surface area contributed by atoms with Crippen molar-refractivity contribution in [2.45, 2.75) is 25.4 Å². The first-order valence-electron chi connectivity index (χ1n) is 8.73. The van der Waals surface area contributed by atoms with Crippen LogP contribution in [0.1, 0.15) is 24.5 Å². The number of hydrogen-bond donors (Lipinski definition) is 2. The Labute approximate surface area is 168 Å². The third kappa shape index (κ3) is 5.96. The number of carbonyl (C=O) groups excluding carboxylic acids is 2. The largest absolute Gasteiger partial charge is 0.382 e. The summed E-state index contributed by atoms with van der Waals surface area (Å²) < 4.78 is 0. The highest BCUT2D eigenvalue weighted by molar-refractivity contribution is 7.99. The summed E-state index contributed by atoms with van der Waals surface area (Å²) >= 11 is 1.12. The van der Waals surface area contributed by atoms with Crippen LogP contribution < -0.4 is 11.1 Å². The van der Waals surface area contributed by atoms with E-state index in [1.807, 2.05) is 44.2 Å². The number of hydrogen-bond acceptors (Lipinski definition) is 7. The first-order valence-corrected chi connectivity index (χ1v) is 9.71. The Morgan fingerprint density at radius 1 is 1.36 bits per heavy atom. The summed E-state index contributed by atoms with van der Waals surface area (Å²) in [5.74, 6) is -0.294. The maximum atomic E-state index is 12.6. The van der Waals surface area contributed by atoms with Crippen LogP contribution in [0.25, 0.3) is 0 Å². The Morgan fingerprint density at radius 3 is 2.75 bits per heavy atom. The fourth-order valence-corrected chi connectivity index (χ4v) is 3.11. The zero-order valence-electron chi connectivity index (χ0n) is 15.8. The quantitative estimate of drug-likeness (QED) is 0.516. The van der Waals surface area contributed by atoms with Gasteiger partial charge in [0.1, 0.15) is 17.5 Å². The van der Waals surface area contributed by atoms with E-state index in [0.717, 1.165) is 29.4 Å². The molecule has 0 unspecified atom stereocenters. The van der Waals surface area contributed by atoms with Crippen LogP contribution in [0.5, 0.6) is 0 Å². The van der Waals surface area contributed by atoms with Crippen LogP contribution in [0.2, 0.25) is 0 Å². The highest BCUT2D eigenvalue weighted by atomic mass is 32.2. The summed E-state index contributed by atoms with van der Waals surface area (Å²) in [5.41, 5.74) is 7.54. The lowest BCUT2D eigenvalue weighted by Crippen LogP contribution is -2.39. The summed E-state index contributed by atoms with van der Waals surface area (Å²) in [6, 6.07) is 9.36. The number of aryl methyl sites for hydroxylation is 1. The van der Waals surface area contributed by atoms with Crippen LogP contribution in [0.4, 0.5) is 11.5 Å². The highest BCUT2D eigenvalue weighted by Gasteiger charge is 2.18. The third-order valence-corrected chi connectivity index (χ3v) is 4.69. The van der Waals surface area contributed by atoms with Gasteiger partial charge in [0.2, 0.25) is 11.8 Å². The highest BCUT2D eigenvalue weighted by Crippen LogP contribution is 2.17. The SMILES string of the molecule is CCCN(CC(=O)Nc1ccccc1C)C(=O)CSc1ncc(C#N)c(N)n1. The molecule has 8 nitrogen and oxygen atoms in total. The van der Waals surface area contributed by atoms with Crippen molar-refractivity contribution in [2.24, 2.45) is 0 Å². The molecule has 0 aliphatic carbocycles. The van der Waals surface area contributed by atoms with Crippen LogP contribution in [0.15, 0.2) is 35.6 Å². The first kappa shape index (κ1) is 21.2. The monoisotopic (exact) mass is 398 g/mol. The number of nitrogens with zero attached hydrogens (tertiary/aromatic N) is 4. The lowest BCUT2D eigenvalue weighted by atomic mass is 10.2. The zero-order chi connectivity index (χ0) is 20.5. The first-order chi connectivity index (χ1) is 13.4. The fourth-order valence-electron chi connectivity index (χ4n) is 2.39. The number of rotatable bonds is 8. The molecule has 0 saturated carbocycles. The van der Waals surface area contributed by atoms with Gasteiger partial charge in [-0.05, 0) is 25.0 Å². The second-order valence-corrected chi connectivity index (χ2v) is 6.97. The number of amides is 2. The van der Waals surface area contributed by atoms with Crippen molar-refractivity contribution in [1.82, 2.24) is 14.9 Å². The Balaban J connectivity index is 1.95. The second-order valence-electron chi connectivity index (χ2n) is 6.03. The number of carbonyl (C=O) groups is 2. The lowest BCUT2D eigenvalue weighted by Gasteiger charge is -2.21. The smallest absolute Gasteiger partial charge is 0.244 e. The summed E-state index contributed by atoms with van der Waals surface area (Å²) in [6.07, 6.45) is 2.06. The van der Waals surface area contributed by atoms with E-state index in [-0.39, 0.29) is 35.5 Å². The zero-order valence-corrected chi connectivity index (χ0v) is 16.6. The number of nitrogens with one attached hydrogen (secondary N) is 1. The summed E-state index contributed by atoms with van der Waals surface area (Å²) in [4.78, 5) is 34.4. The van der Waals surface area contributed by atoms with Crippen LogP contribution in [0.3, 0.4) is 0 Å². The molecule has 3 N–H and O–H groups in total. The molecule has 1 heterocycles. The van der Waals surface area contributed by atoms with E-state index < -0.39 is 0 Å². The molecule has 0 bridgehead atoms. The summed E-state index contributed by atoms with van der Waals surface area (Å²) in [6.45, 7) is 4.29. The van der Waals surface area contributed by atoms with Crippen LogP contribution in [0, 0.1) is 18.3 Å². The Bertz CT molecular complexity index is 896. The number of thioether (sulfide) groups is 1. The third-order valence-electron chi connectivity index (χ3n) is 3.84. The van der Waals surface area contributed by atoms with E-state index in [1.54, 1.807) is 0 Å². The van der Waals surface area contributed by atoms with Crippen molar-refractivity contribution < 1.29 is 9.59 Å². The van der Waals surface area contributed by atoms with Gasteiger partial charge in [0, 0.05) is 12.2 Å². The molecule has 2 aromatic rings. The maximum absolute atomic E-state index is 12.6. The van der Waals surface area contributed by atoms with Crippen molar-refractivity contribution in [3.05, 3.63) is 41.6 Å². The number of nitriles is 1. The molecule has 0 spiro atoms. The Hall–Kier alpha value is -3.12. The molecular weight excluding hydrogens is 376 g/mol. The second kappa shape index (κ2) is 10.3. The van der Waals surface area contributed by atoms with Gasteiger partial charge in [0.25, 0.3) is 0 Å². The predicted molar refractivity (Wildman–Crippen MR) is 109 cm³/mol. The number of anilines is 2. The lowest BCUT2D eigenvalue weighted by molar-refractivity contribution is -0.132. The molecule has 0 fully saturated rings. The van der Waals surface area contributed by atoms with Gasteiger partial charge in [-0.3, -0.25) is 9.59 Å². The van der Waals surface area contributed by atoms with Gasteiger partial charge in [0.15, 0.2) is 5.16 Å². The van der Waals surface area contributed by atoms with E-state index in [0.29, 0.717) is 11.7 Å². The molecule has 146 valence electrons. The van der Waals surface area contributed by atoms with E-state index in [2.05, 4.69) is 15.3 Å². The normalized spacial score (nSPS) is 10.2. The van der Waals surface area contributed by atoms with Crippen molar-refractivity contribution in [2.75, 3.05) is 29.9 Å². The molecule has 0 atom stereocenters. The number of nitrogen functional groups attached to an aromatic ring is 1. The van der Waals surface area contributed by atoms with Crippen molar-refractivity contribution in [3.8, 4) is 6.07 Å². The number of nitrogens with two attached hydrogens (primary N) is 1. The molecule has 0 aliphatic heterocycles.